The minimum absolute atomic E-state index is 0.0784. The summed E-state index contributed by atoms with van der Waals surface area (Å²) in [5.41, 5.74) is 1.18. The number of carbonyl (C=O) groups is 2. The van der Waals surface area contributed by atoms with Crippen molar-refractivity contribution >= 4 is 41.3 Å². The van der Waals surface area contributed by atoms with Crippen LogP contribution in [0.25, 0.3) is 11.9 Å². The fraction of sp³-hybridized carbons (Fsp3) is 0.433. The van der Waals surface area contributed by atoms with Crippen LogP contribution in [0.3, 0.4) is 0 Å². The van der Waals surface area contributed by atoms with E-state index in [2.05, 4.69) is 15.6 Å². The van der Waals surface area contributed by atoms with Crippen molar-refractivity contribution in [1.29, 1.82) is 0 Å². The lowest BCUT2D eigenvalue weighted by molar-refractivity contribution is -0.145. The Balaban J connectivity index is 1.77. The molecule has 0 radical (unpaired) electrons. The first-order valence-corrected chi connectivity index (χ1v) is 13.5. The molecule has 216 valence electrons. The van der Waals surface area contributed by atoms with Gasteiger partial charge in [-0.15, -0.1) is 0 Å². The van der Waals surface area contributed by atoms with Crippen LogP contribution in [-0.2, 0) is 19.1 Å². The number of ether oxygens (including phenoxy) is 3. The Morgan fingerprint density at radius 3 is 2.35 bits per heavy atom. The number of hydrogen-bond acceptors (Lipinski definition) is 7. The van der Waals surface area contributed by atoms with E-state index >= 15 is 4.39 Å². The van der Waals surface area contributed by atoms with Gasteiger partial charge in [-0.25, -0.2) is 9.38 Å². The number of nitrogens with one attached hydrogen (secondary N) is 2. The van der Waals surface area contributed by atoms with Crippen LogP contribution in [-0.4, -0.2) is 68.5 Å². The molecule has 1 heterocycles. The summed E-state index contributed by atoms with van der Waals surface area (Å²) in [4.78, 5) is 31.4. The van der Waals surface area contributed by atoms with Crippen molar-refractivity contribution in [3.63, 3.8) is 0 Å². The van der Waals surface area contributed by atoms with Crippen LogP contribution in [0.15, 0.2) is 41.4 Å². The summed E-state index contributed by atoms with van der Waals surface area (Å²) >= 11 is 0. The molecule has 9 nitrogen and oxygen atoms in total. The highest BCUT2D eigenvalue weighted by Crippen LogP contribution is 2.18. The van der Waals surface area contributed by atoms with Crippen molar-refractivity contribution in [3.8, 4) is 5.75 Å². The normalized spacial score (nSPS) is 18.6. The first-order chi connectivity index (χ1) is 19.3. The SMILES string of the molecule is C\C=N/C(Nc1ccc(NC(=O)CC(=O)N2C(C)COCC2C)cc1)=c1/c(F)cc(OCCOC)c/c1=C\CC. The minimum atomic E-state index is -0.472. The highest BCUT2D eigenvalue weighted by Gasteiger charge is 2.30. The smallest absolute Gasteiger partial charge is 0.233 e. The fourth-order valence-electron chi connectivity index (χ4n) is 4.55. The number of amides is 2. The van der Waals surface area contributed by atoms with E-state index in [1.807, 2.05) is 26.8 Å². The van der Waals surface area contributed by atoms with Gasteiger partial charge in [-0.1, -0.05) is 13.0 Å². The molecule has 2 amide bonds. The molecule has 2 aromatic rings. The van der Waals surface area contributed by atoms with Gasteiger partial charge in [-0.3, -0.25) is 9.59 Å². The molecule has 40 heavy (non-hydrogen) atoms. The Morgan fingerprint density at radius 1 is 1.10 bits per heavy atom. The third-order valence-corrected chi connectivity index (χ3v) is 6.27. The molecule has 2 aromatic carbocycles. The molecular formula is C30H39FN4O5. The van der Waals surface area contributed by atoms with Crippen molar-refractivity contribution in [2.45, 2.75) is 52.6 Å². The van der Waals surface area contributed by atoms with Gasteiger partial charge in [-0.05, 0) is 62.7 Å². The molecule has 0 aliphatic carbocycles. The number of aliphatic imine (C=N–C) groups is 1. The van der Waals surface area contributed by atoms with E-state index in [1.165, 1.54) is 6.07 Å². The second-order valence-electron chi connectivity index (χ2n) is 9.52. The Bertz CT molecular complexity index is 1300. The van der Waals surface area contributed by atoms with Crippen LogP contribution in [0, 0.1) is 5.82 Å². The van der Waals surface area contributed by atoms with Crippen LogP contribution < -0.4 is 25.8 Å². The summed E-state index contributed by atoms with van der Waals surface area (Å²) in [6, 6.07) is 9.87. The van der Waals surface area contributed by atoms with Crippen molar-refractivity contribution in [2.24, 2.45) is 4.99 Å². The molecule has 1 fully saturated rings. The first-order valence-electron chi connectivity index (χ1n) is 13.5. The van der Waals surface area contributed by atoms with Crippen LogP contribution in [0.4, 0.5) is 15.8 Å². The van der Waals surface area contributed by atoms with E-state index < -0.39 is 11.7 Å². The molecule has 2 atom stereocenters. The maximum atomic E-state index is 15.4. The Morgan fingerprint density at radius 2 is 1.75 bits per heavy atom. The van der Waals surface area contributed by atoms with Gasteiger partial charge in [0.1, 0.15) is 30.4 Å². The maximum absolute atomic E-state index is 15.4. The predicted molar refractivity (Wildman–Crippen MR) is 155 cm³/mol. The highest BCUT2D eigenvalue weighted by molar-refractivity contribution is 6.03. The van der Waals surface area contributed by atoms with Crippen LogP contribution in [0.5, 0.6) is 5.75 Å². The maximum Gasteiger partial charge on any atom is 0.233 e. The largest absolute Gasteiger partial charge is 0.491 e. The fourth-order valence-corrected chi connectivity index (χ4v) is 4.55. The van der Waals surface area contributed by atoms with Gasteiger partial charge < -0.3 is 29.7 Å². The molecule has 0 bridgehead atoms. The van der Waals surface area contributed by atoms with Gasteiger partial charge in [0.15, 0.2) is 0 Å². The monoisotopic (exact) mass is 554 g/mol. The van der Waals surface area contributed by atoms with E-state index in [0.717, 1.165) is 0 Å². The number of morpholine rings is 1. The summed E-state index contributed by atoms with van der Waals surface area (Å²) < 4.78 is 31.5. The lowest BCUT2D eigenvalue weighted by Gasteiger charge is -2.38. The molecule has 1 aliphatic rings. The topological polar surface area (TPSA) is 101 Å². The number of anilines is 2. The Kier molecular flexibility index (Phi) is 11.6. The van der Waals surface area contributed by atoms with Gasteiger partial charge >= 0.3 is 0 Å². The Hall–Kier alpha value is -3.76. The quantitative estimate of drug-likeness (QED) is 0.251. The number of halogens is 1. The lowest BCUT2D eigenvalue weighted by atomic mass is 10.1. The molecule has 2 unspecified atom stereocenters. The number of rotatable bonds is 11. The van der Waals surface area contributed by atoms with Gasteiger partial charge in [0.2, 0.25) is 11.8 Å². The standard InChI is InChI=1S/C30H39FN4O5/c1-6-8-22-15-25(40-14-13-38-5)16-26(31)29(22)30(32-7-2)34-24-11-9-23(10-12-24)33-27(36)17-28(37)35-20(3)18-39-19-21(35)4/h7-12,15-16,20-21,34H,6,13-14,17-19H2,1-5H3,(H,33,36)/b22-8+,30-29-,32-7-. The average Bonchev–Trinajstić information content (AvgIpc) is 2.90. The minimum Gasteiger partial charge on any atom is -0.491 e. The van der Waals surface area contributed by atoms with E-state index in [-0.39, 0.29) is 24.4 Å². The van der Waals surface area contributed by atoms with E-state index in [0.29, 0.717) is 66.2 Å². The number of nitrogens with zero attached hydrogens (tertiary/aromatic N) is 2. The molecular weight excluding hydrogens is 515 g/mol. The third-order valence-electron chi connectivity index (χ3n) is 6.27. The Labute approximate surface area is 234 Å². The second-order valence-corrected chi connectivity index (χ2v) is 9.52. The molecule has 0 saturated carbocycles. The lowest BCUT2D eigenvalue weighted by Crippen LogP contribution is -2.53. The summed E-state index contributed by atoms with van der Waals surface area (Å²) in [5, 5.41) is 6.93. The predicted octanol–water partition coefficient (Wildman–Crippen LogP) is 3.27. The van der Waals surface area contributed by atoms with Crippen molar-refractivity contribution in [1.82, 2.24) is 4.90 Å². The third kappa shape index (κ3) is 8.37. The van der Waals surface area contributed by atoms with Crippen molar-refractivity contribution in [3.05, 3.63) is 52.7 Å². The zero-order chi connectivity index (χ0) is 29.1. The van der Waals surface area contributed by atoms with Gasteiger partial charge in [0.25, 0.3) is 0 Å². The zero-order valence-corrected chi connectivity index (χ0v) is 23.8. The molecule has 0 spiro atoms. The zero-order valence-electron chi connectivity index (χ0n) is 23.8. The molecule has 0 aromatic heterocycles. The van der Waals surface area contributed by atoms with E-state index in [4.69, 9.17) is 14.2 Å². The van der Waals surface area contributed by atoms with Crippen molar-refractivity contribution < 1.29 is 28.2 Å². The highest BCUT2D eigenvalue weighted by atomic mass is 19.1. The van der Waals surface area contributed by atoms with E-state index in [1.54, 1.807) is 55.5 Å². The van der Waals surface area contributed by atoms with Gasteiger partial charge in [-0.2, -0.15) is 0 Å². The molecule has 3 rings (SSSR count). The second kappa shape index (κ2) is 15.1. The van der Waals surface area contributed by atoms with E-state index in [9.17, 15) is 9.59 Å². The number of benzene rings is 2. The summed E-state index contributed by atoms with van der Waals surface area (Å²) in [5.74, 6) is -0.352. The van der Waals surface area contributed by atoms with Crippen LogP contribution in [0.1, 0.15) is 40.5 Å². The summed E-state index contributed by atoms with van der Waals surface area (Å²) in [7, 11) is 1.58. The molecule has 1 aliphatic heterocycles. The number of hydrogen-bond donors (Lipinski definition) is 2. The molecule has 10 heteroatoms. The van der Waals surface area contributed by atoms with Crippen LogP contribution >= 0.6 is 0 Å². The molecule has 1 saturated heterocycles. The summed E-state index contributed by atoms with van der Waals surface area (Å²) in [6.45, 7) is 9.17. The molecule has 2 N–H and O–H groups in total. The average molecular weight is 555 g/mol. The first kappa shape index (κ1) is 30.8. The van der Waals surface area contributed by atoms with Crippen LogP contribution in [0.2, 0.25) is 0 Å². The summed E-state index contributed by atoms with van der Waals surface area (Å²) in [6.07, 6.45) is 3.94. The van der Waals surface area contributed by atoms with Gasteiger partial charge in [0.05, 0.1) is 37.1 Å². The number of carbonyl (C=O) groups excluding carboxylic acids is 2. The number of methoxy groups -OCH3 is 1. The van der Waals surface area contributed by atoms with Gasteiger partial charge in [0, 0.05) is 30.8 Å². The van der Waals surface area contributed by atoms with Crippen molar-refractivity contribution in [2.75, 3.05) is 44.2 Å².